The molecule has 1 saturated heterocycles. The van der Waals surface area contributed by atoms with Crippen LogP contribution in [0.25, 0.3) is 5.78 Å². The minimum atomic E-state index is -4.55. The van der Waals surface area contributed by atoms with Gasteiger partial charge in [0.25, 0.3) is 5.78 Å². The highest BCUT2D eigenvalue weighted by atomic mass is 19.4. The highest BCUT2D eigenvalue weighted by Crippen LogP contribution is 2.33. The van der Waals surface area contributed by atoms with Crippen LogP contribution in [0.2, 0.25) is 0 Å². The Morgan fingerprint density at radius 2 is 2.00 bits per heavy atom. The van der Waals surface area contributed by atoms with Gasteiger partial charge in [0.15, 0.2) is 5.69 Å². The Balaban J connectivity index is 1.60. The van der Waals surface area contributed by atoms with Gasteiger partial charge < -0.3 is 0 Å². The van der Waals surface area contributed by atoms with Crippen LogP contribution < -0.4 is 0 Å². The zero-order valence-corrected chi connectivity index (χ0v) is 14.3. The largest absolute Gasteiger partial charge is 0.433 e. The van der Waals surface area contributed by atoms with E-state index in [1.807, 2.05) is 0 Å². The summed E-state index contributed by atoms with van der Waals surface area (Å²) in [4.78, 5) is 10.2. The van der Waals surface area contributed by atoms with E-state index in [0.717, 1.165) is 31.8 Å². The molecular weight excluding hydrogens is 362 g/mol. The Labute approximate surface area is 152 Å². The summed E-state index contributed by atoms with van der Waals surface area (Å²) in [6.07, 6.45) is -1.96. The van der Waals surface area contributed by atoms with Crippen molar-refractivity contribution in [2.75, 3.05) is 13.1 Å². The molecule has 3 heterocycles. The van der Waals surface area contributed by atoms with Crippen molar-refractivity contribution in [1.29, 1.82) is 0 Å². The molecule has 4 rings (SSSR count). The molecule has 1 aliphatic rings. The van der Waals surface area contributed by atoms with Crippen molar-refractivity contribution in [2.24, 2.45) is 0 Å². The Hall–Kier alpha value is -2.55. The molecule has 142 valence electrons. The van der Waals surface area contributed by atoms with E-state index in [-0.39, 0.29) is 17.5 Å². The van der Waals surface area contributed by atoms with Crippen LogP contribution in [0, 0.1) is 5.82 Å². The molecule has 1 aromatic carbocycles. The highest BCUT2D eigenvalue weighted by molar-refractivity contribution is 5.33. The lowest BCUT2D eigenvalue weighted by Crippen LogP contribution is -2.34. The summed E-state index contributed by atoms with van der Waals surface area (Å²) in [5, 5.41) is 3.62. The topological polar surface area (TPSA) is 46.3 Å². The van der Waals surface area contributed by atoms with Crippen LogP contribution in [0.4, 0.5) is 17.6 Å². The molecule has 3 aromatic rings. The Morgan fingerprint density at radius 1 is 1.19 bits per heavy atom. The summed E-state index contributed by atoms with van der Waals surface area (Å²) < 4.78 is 54.8. The third-order valence-electron chi connectivity index (χ3n) is 4.84. The van der Waals surface area contributed by atoms with E-state index in [9.17, 15) is 17.6 Å². The maximum Gasteiger partial charge on any atom is 0.433 e. The van der Waals surface area contributed by atoms with Gasteiger partial charge in [0, 0.05) is 24.6 Å². The molecule has 1 unspecified atom stereocenters. The minimum Gasteiger partial charge on any atom is -0.298 e. The molecule has 0 aliphatic carbocycles. The lowest BCUT2D eigenvalue weighted by molar-refractivity contribution is -0.142. The second-order valence-electron chi connectivity index (χ2n) is 6.70. The number of aromatic nitrogens is 4. The molecule has 0 N–H and O–H groups in total. The number of benzene rings is 1. The van der Waals surface area contributed by atoms with Crippen LogP contribution in [0.3, 0.4) is 0 Å². The quantitative estimate of drug-likeness (QED) is 0.652. The normalized spacial score (nSPS) is 18.9. The first-order valence-electron chi connectivity index (χ1n) is 8.65. The predicted molar refractivity (Wildman–Crippen MR) is 89.4 cm³/mol. The first-order chi connectivity index (χ1) is 12.9. The minimum absolute atomic E-state index is 0.0638. The van der Waals surface area contributed by atoms with E-state index in [1.165, 1.54) is 6.07 Å². The van der Waals surface area contributed by atoms with Gasteiger partial charge in [0.1, 0.15) is 12.1 Å². The summed E-state index contributed by atoms with van der Waals surface area (Å²) in [6, 6.07) is 7.59. The number of hydrogen-bond acceptors (Lipinski definition) is 4. The number of rotatable bonds is 3. The van der Waals surface area contributed by atoms with Crippen LogP contribution in [0.5, 0.6) is 0 Å². The summed E-state index contributed by atoms with van der Waals surface area (Å²) in [7, 11) is 0. The molecule has 2 aromatic heterocycles. The SMILES string of the molecule is Fc1ccccc1CN1CCCC(c2cc(C(F)(F)F)n3ncnc3n2)C1. The second-order valence-corrected chi connectivity index (χ2v) is 6.70. The zero-order chi connectivity index (χ0) is 19.0. The lowest BCUT2D eigenvalue weighted by atomic mass is 9.93. The monoisotopic (exact) mass is 379 g/mol. The fraction of sp³-hybridized carbons (Fsp3) is 0.389. The number of fused-ring (bicyclic) bond motifs is 1. The van der Waals surface area contributed by atoms with Crippen LogP contribution in [0.1, 0.15) is 35.7 Å². The number of halogens is 4. The number of hydrogen-bond donors (Lipinski definition) is 0. The third-order valence-corrected chi connectivity index (χ3v) is 4.84. The fourth-order valence-electron chi connectivity index (χ4n) is 3.55. The first kappa shape index (κ1) is 17.8. The van der Waals surface area contributed by atoms with Crippen LogP contribution in [-0.2, 0) is 12.7 Å². The molecule has 9 heteroatoms. The average molecular weight is 379 g/mol. The summed E-state index contributed by atoms with van der Waals surface area (Å²) in [5.74, 6) is -0.513. The Bertz CT molecular complexity index is 952. The number of alkyl halides is 3. The molecule has 1 fully saturated rings. The molecule has 5 nitrogen and oxygen atoms in total. The Morgan fingerprint density at radius 3 is 2.78 bits per heavy atom. The molecule has 1 atom stereocenters. The first-order valence-corrected chi connectivity index (χ1v) is 8.65. The van der Waals surface area contributed by atoms with Gasteiger partial charge in [-0.05, 0) is 31.5 Å². The predicted octanol–water partition coefficient (Wildman–Crippen LogP) is 3.66. The summed E-state index contributed by atoms with van der Waals surface area (Å²) >= 11 is 0. The van der Waals surface area contributed by atoms with Crippen molar-refractivity contribution >= 4 is 5.78 Å². The zero-order valence-electron chi connectivity index (χ0n) is 14.3. The van der Waals surface area contributed by atoms with Gasteiger partial charge in [-0.2, -0.15) is 27.8 Å². The average Bonchev–Trinajstić information content (AvgIpc) is 3.11. The molecule has 0 radical (unpaired) electrons. The van der Waals surface area contributed by atoms with Crippen molar-refractivity contribution in [2.45, 2.75) is 31.5 Å². The standard InChI is InChI=1S/C18H17F4N5/c19-14-6-2-1-4-12(14)9-26-7-3-5-13(10-26)15-8-16(18(20,21)22)27-17(25-15)23-11-24-27/h1-2,4,6,8,11,13H,3,5,7,9-10H2. The molecule has 27 heavy (non-hydrogen) atoms. The van der Waals surface area contributed by atoms with Crippen LogP contribution >= 0.6 is 0 Å². The van der Waals surface area contributed by atoms with Gasteiger partial charge in [0.05, 0.1) is 5.69 Å². The molecule has 0 bridgehead atoms. The summed E-state index contributed by atoms with van der Waals surface area (Å²) in [5.41, 5.74) is 0.0438. The molecular formula is C18H17F4N5. The smallest absolute Gasteiger partial charge is 0.298 e. The van der Waals surface area contributed by atoms with Crippen molar-refractivity contribution in [3.05, 3.63) is 59.4 Å². The van der Waals surface area contributed by atoms with E-state index in [4.69, 9.17) is 0 Å². The van der Waals surface area contributed by atoms with Gasteiger partial charge in [0.2, 0.25) is 0 Å². The van der Waals surface area contributed by atoms with Gasteiger partial charge >= 0.3 is 6.18 Å². The fourth-order valence-corrected chi connectivity index (χ4v) is 3.55. The van der Waals surface area contributed by atoms with Gasteiger partial charge in [-0.3, -0.25) is 4.90 Å². The van der Waals surface area contributed by atoms with Crippen molar-refractivity contribution < 1.29 is 17.6 Å². The van der Waals surface area contributed by atoms with Gasteiger partial charge in [-0.15, -0.1) is 0 Å². The van der Waals surface area contributed by atoms with E-state index in [2.05, 4.69) is 20.0 Å². The second kappa shape index (κ2) is 6.88. The molecule has 0 saturated carbocycles. The lowest BCUT2D eigenvalue weighted by Gasteiger charge is -2.32. The number of piperidine rings is 1. The van der Waals surface area contributed by atoms with E-state index >= 15 is 0 Å². The number of likely N-dealkylation sites (tertiary alicyclic amines) is 1. The van der Waals surface area contributed by atoms with Gasteiger partial charge in [-0.25, -0.2) is 9.37 Å². The van der Waals surface area contributed by atoms with Gasteiger partial charge in [-0.1, -0.05) is 18.2 Å². The van der Waals surface area contributed by atoms with Crippen molar-refractivity contribution in [3.63, 3.8) is 0 Å². The number of nitrogens with zero attached hydrogens (tertiary/aromatic N) is 5. The maximum absolute atomic E-state index is 13.9. The summed E-state index contributed by atoms with van der Waals surface area (Å²) in [6.45, 7) is 1.70. The molecule has 0 amide bonds. The van der Waals surface area contributed by atoms with Crippen molar-refractivity contribution in [3.8, 4) is 0 Å². The van der Waals surface area contributed by atoms with Crippen LogP contribution in [0.15, 0.2) is 36.7 Å². The Kier molecular flexibility index (Phi) is 4.55. The molecule has 1 aliphatic heterocycles. The van der Waals surface area contributed by atoms with Crippen molar-refractivity contribution in [1.82, 2.24) is 24.5 Å². The maximum atomic E-state index is 13.9. The van der Waals surface area contributed by atoms with E-state index in [0.29, 0.717) is 28.9 Å². The van der Waals surface area contributed by atoms with E-state index < -0.39 is 11.9 Å². The third kappa shape index (κ3) is 3.64. The highest BCUT2D eigenvalue weighted by Gasteiger charge is 2.36. The molecule has 0 spiro atoms. The van der Waals surface area contributed by atoms with E-state index in [1.54, 1.807) is 18.2 Å². The van der Waals surface area contributed by atoms with Crippen LogP contribution in [-0.4, -0.2) is 37.6 Å².